The predicted octanol–water partition coefficient (Wildman–Crippen LogP) is 1.18. The molecule has 0 atom stereocenters. The highest BCUT2D eigenvalue weighted by molar-refractivity contribution is 6.04. The van der Waals surface area contributed by atoms with E-state index in [1.807, 2.05) is 18.2 Å². The van der Waals surface area contributed by atoms with Gasteiger partial charge in [0.15, 0.2) is 5.78 Å². The minimum atomic E-state index is -0.0459. The highest BCUT2D eigenvalue weighted by atomic mass is 16.5. The molecule has 5 nitrogen and oxygen atoms in total. The van der Waals surface area contributed by atoms with Gasteiger partial charge in [-0.05, 0) is 0 Å². The fourth-order valence-corrected chi connectivity index (χ4v) is 1.56. The van der Waals surface area contributed by atoms with E-state index in [-0.39, 0.29) is 5.78 Å². The first-order valence-corrected chi connectivity index (χ1v) is 6.54. The van der Waals surface area contributed by atoms with E-state index in [9.17, 15) is 4.79 Å². The van der Waals surface area contributed by atoms with E-state index in [4.69, 9.17) is 9.47 Å². The van der Waals surface area contributed by atoms with E-state index in [2.05, 4.69) is 10.6 Å². The highest BCUT2D eigenvalue weighted by Crippen LogP contribution is 2.01. The van der Waals surface area contributed by atoms with Crippen LogP contribution in [-0.2, 0) is 9.47 Å². The molecular formula is C15H22N2O3. The SMILES string of the molecule is COCCNC(=CC(=O)c1ccccc1)NCCOC. The summed E-state index contributed by atoms with van der Waals surface area (Å²) in [6.07, 6.45) is 1.56. The molecule has 0 spiro atoms. The zero-order valence-electron chi connectivity index (χ0n) is 12.0. The maximum atomic E-state index is 12.1. The normalized spacial score (nSPS) is 9.90. The van der Waals surface area contributed by atoms with Gasteiger partial charge in [-0.15, -0.1) is 0 Å². The first-order chi connectivity index (χ1) is 9.77. The Balaban J connectivity index is 2.64. The van der Waals surface area contributed by atoms with Crippen LogP contribution in [0.4, 0.5) is 0 Å². The Morgan fingerprint density at radius 2 is 1.60 bits per heavy atom. The van der Waals surface area contributed by atoms with Crippen molar-refractivity contribution in [3.8, 4) is 0 Å². The topological polar surface area (TPSA) is 59.6 Å². The number of ether oxygens (including phenoxy) is 2. The minimum Gasteiger partial charge on any atom is -0.383 e. The second kappa shape index (κ2) is 10.00. The summed E-state index contributed by atoms with van der Waals surface area (Å²) in [5.41, 5.74) is 0.659. The summed E-state index contributed by atoms with van der Waals surface area (Å²) < 4.78 is 9.96. The number of allylic oxidation sites excluding steroid dienone is 1. The van der Waals surface area contributed by atoms with Gasteiger partial charge in [-0.25, -0.2) is 0 Å². The van der Waals surface area contributed by atoms with Gasteiger partial charge in [0.25, 0.3) is 0 Å². The van der Waals surface area contributed by atoms with E-state index < -0.39 is 0 Å². The lowest BCUT2D eigenvalue weighted by atomic mass is 10.1. The largest absolute Gasteiger partial charge is 0.383 e. The standard InChI is InChI=1S/C15H22N2O3/c1-19-10-8-16-15(17-9-11-20-2)12-14(18)13-6-4-3-5-7-13/h3-7,12,16-17H,8-11H2,1-2H3. The first-order valence-electron chi connectivity index (χ1n) is 6.54. The molecule has 0 heterocycles. The van der Waals surface area contributed by atoms with E-state index in [1.165, 1.54) is 0 Å². The molecule has 0 aliphatic rings. The molecule has 5 heteroatoms. The third kappa shape index (κ3) is 6.36. The number of hydrogen-bond donors (Lipinski definition) is 2. The molecule has 0 saturated carbocycles. The zero-order chi connectivity index (χ0) is 14.6. The molecule has 1 aromatic carbocycles. The molecule has 0 unspecified atom stereocenters. The van der Waals surface area contributed by atoms with Crippen LogP contribution < -0.4 is 10.6 Å². The Bertz CT molecular complexity index is 406. The van der Waals surface area contributed by atoms with Crippen molar-refractivity contribution in [2.45, 2.75) is 0 Å². The molecule has 0 aliphatic carbocycles. The summed E-state index contributed by atoms with van der Waals surface area (Å²) in [7, 11) is 3.27. The van der Waals surface area contributed by atoms with Gasteiger partial charge in [-0.2, -0.15) is 0 Å². The Labute approximate surface area is 120 Å². The highest BCUT2D eigenvalue weighted by Gasteiger charge is 2.04. The first kappa shape index (κ1) is 16.2. The average Bonchev–Trinajstić information content (AvgIpc) is 2.48. The summed E-state index contributed by atoms with van der Waals surface area (Å²) in [6.45, 7) is 2.40. The van der Waals surface area contributed by atoms with Crippen LogP contribution in [0.15, 0.2) is 42.2 Å². The van der Waals surface area contributed by atoms with Crippen LogP contribution in [0.25, 0.3) is 0 Å². The summed E-state index contributed by atoms with van der Waals surface area (Å²) in [5, 5.41) is 6.26. The third-order valence-corrected chi connectivity index (χ3v) is 2.58. The molecule has 20 heavy (non-hydrogen) atoms. The van der Waals surface area contributed by atoms with E-state index in [0.29, 0.717) is 37.7 Å². The maximum Gasteiger partial charge on any atom is 0.189 e. The van der Waals surface area contributed by atoms with E-state index in [0.717, 1.165) is 0 Å². The maximum absolute atomic E-state index is 12.1. The third-order valence-electron chi connectivity index (χ3n) is 2.58. The molecule has 0 saturated heterocycles. The Morgan fingerprint density at radius 3 is 2.10 bits per heavy atom. The average molecular weight is 278 g/mol. The number of carbonyl (C=O) groups excluding carboxylic acids is 1. The quantitative estimate of drug-likeness (QED) is 0.382. The van der Waals surface area contributed by atoms with Crippen molar-refractivity contribution in [2.75, 3.05) is 40.5 Å². The summed E-state index contributed by atoms with van der Waals surface area (Å²) in [4.78, 5) is 12.1. The number of methoxy groups -OCH3 is 2. The van der Waals surface area contributed by atoms with Crippen LogP contribution in [0.2, 0.25) is 0 Å². The van der Waals surface area contributed by atoms with Gasteiger partial charge in [0, 0.05) is 38.9 Å². The smallest absolute Gasteiger partial charge is 0.189 e. The molecule has 2 N–H and O–H groups in total. The van der Waals surface area contributed by atoms with E-state index >= 15 is 0 Å². The molecule has 0 fully saturated rings. The fraction of sp³-hybridized carbons (Fsp3) is 0.400. The van der Waals surface area contributed by atoms with Crippen LogP contribution in [-0.4, -0.2) is 46.3 Å². The number of rotatable bonds is 10. The van der Waals surface area contributed by atoms with Crippen LogP contribution in [0, 0.1) is 0 Å². The van der Waals surface area contributed by atoms with Crippen molar-refractivity contribution in [3.63, 3.8) is 0 Å². The fourth-order valence-electron chi connectivity index (χ4n) is 1.56. The summed E-state index contributed by atoms with van der Waals surface area (Å²) >= 11 is 0. The van der Waals surface area contributed by atoms with Crippen molar-refractivity contribution < 1.29 is 14.3 Å². The molecule has 0 aliphatic heterocycles. The Hall–Kier alpha value is -1.85. The zero-order valence-corrected chi connectivity index (χ0v) is 12.0. The van der Waals surface area contributed by atoms with Gasteiger partial charge in [0.2, 0.25) is 0 Å². The van der Waals surface area contributed by atoms with Gasteiger partial charge in [0.05, 0.1) is 13.2 Å². The van der Waals surface area contributed by atoms with Gasteiger partial charge in [0.1, 0.15) is 5.82 Å². The molecule has 0 radical (unpaired) electrons. The summed E-state index contributed by atoms with van der Waals surface area (Å²) in [6, 6.07) is 9.16. The molecule has 0 bridgehead atoms. The second-order valence-electron chi connectivity index (χ2n) is 4.13. The van der Waals surface area contributed by atoms with Crippen LogP contribution in [0.1, 0.15) is 10.4 Å². The van der Waals surface area contributed by atoms with Crippen molar-refractivity contribution >= 4 is 5.78 Å². The van der Waals surface area contributed by atoms with Crippen molar-refractivity contribution in [1.29, 1.82) is 0 Å². The summed E-state index contributed by atoms with van der Waals surface area (Å²) in [5.74, 6) is 0.628. The Morgan fingerprint density at radius 1 is 1.05 bits per heavy atom. The van der Waals surface area contributed by atoms with Crippen LogP contribution >= 0.6 is 0 Å². The van der Waals surface area contributed by atoms with Gasteiger partial charge in [-0.1, -0.05) is 30.3 Å². The Kier molecular flexibility index (Phi) is 8.10. The van der Waals surface area contributed by atoms with Crippen molar-refractivity contribution in [3.05, 3.63) is 47.8 Å². The predicted molar refractivity (Wildman–Crippen MR) is 78.6 cm³/mol. The van der Waals surface area contributed by atoms with Gasteiger partial charge >= 0.3 is 0 Å². The van der Waals surface area contributed by atoms with Crippen LogP contribution in [0.3, 0.4) is 0 Å². The van der Waals surface area contributed by atoms with Gasteiger partial charge in [-0.3, -0.25) is 4.79 Å². The molecule has 0 amide bonds. The van der Waals surface area contributed by atoms with Gasteiger partial charge < -0.3 is 20.1 Å². The number of ketones is 1. The minimum absolute atomic E-state index is 0.0459. The molecule has 1 rings (SSSR count). The molecule has 0 aromatic heterocycles. The molecule has 110 valence electrons. The lowest BCUT2D eigenvalue weighted by molar-refractivity contribution is 0.104. The number of carbonyl (C=O) groups is 1. The lowest BCUT2D eigenvalue weighted by Crippen LogP contribution is -2.31. The number of nitrogens with one attached hydrogen (secondary N) is 2. The number of hydrogen-bond acceptors (Lipinski definition) is 5. The molecular weight excluding hydrogens is 256 g/mol. The monoisotopic (exact) mass is 278 g/mol. The molecule has 1 aromatic rings. The van der Waals surface area contributed by atoms with E-state index in [1.54, 1.807) is 32.4 Å². The number of benzene rings is 1. The lowest BCUT2D eigenvalue weighted by Gasteiger charge is -2.13. The van der Waals surface area contributed by atoms with Crippen LogP contribution in [0.5, 0.6) is 0 Å². The van der Waals surface area contributed by atoms with Crippen molar-refractivity contribution in [2.24, 2.45) is 0 Å². The van der Waals surface area contributed by atoms with Crippen molar-refractivity contribution in [1.82, 2.24) is 10.6 Å². The second-order valence-corrected chi connectivity index (χ2v) is 4.13.